The van der Waals surface area contributed by atoms with Crippen LogP contribution in [-0.4, -0.2) is 51.6 Å². The Morgan fingerprint density at radius 3 is 2.29 bits per heavy atom. The molecule has 0 aliphatic heterocycles. The van der Waals surface area contributed by atoms with Crippen LogP contribution in [0.2, 0.25) is 0 Å². The summed E-state index contributed by atoms with van der Waals surface area (Å²) in [5.41, 5.74) is -1.16. The molecule has 0 saturated carbocycles. The zero-order chi connectivity index (χ0) is 12.9. The first-order valence-corrected chi connectivity index (χ1v) is 5.63. The van der Waals surface area contributed by atoms with E-state index in [1.807, 2.05) is 0 Å². The van der Waals surface area contributed by atoms with E-state index in [-0.39, 0.29) is 5.56 Å². The monoisotopic (exact) mass is 304 g/mol. The van der Waals surface area contributed by atoms with Gasteiger partial charge in [-0.25, -0.2) is 4.98 Å². The lowest BCUT2D eigenvalue weighted by Gasteiger charge is -2.28. The smallest absolute Gasteiger partial charge is 0.253 e. The number of hydrogen-bond acceptors (Lipinski definition) is 5. The van der Waals surface area contributed by atoms with Crippen LogP contribution < -0.4 is 5.32 Å². The molecule has 0 radical (unpaired) electrons. The number of pyridine rings is 1. The van der Waals surface area contributed by atoms with Crippen molar-refractivity contribution in [3.8, 4) is 0 Å². The van der Waals surface area contributed by atoms with Gasteiger partial charge in [-0.15, -0.1) is 0 Å². The molecule has 7 heteroatoms. The second-order valence-corrected chi connectivity index (χ2v) is 4.39. The van der Waals surface area contributed by atoms with E-state index in [0.717, 1.165) is 0 Å². The molecular formula is C10H13BrN2O4. The summed E-state index contributed by atoms with van der Waals surface area (Å²) in [6.07, 6.45) is 1.34. The Bertz CT molecular complexity index is 370. The van der Waals surface area contributed by atoms with Gasteiger partial charge in [0.1, 0.15) is 10.1 Å². The maximum absolute atomic E-state index is 11.7. The summed E-state index contributed by atoms with van der Waals surface area (Å²) in [5.74, 6) is -0.526. The van der Waals surface area contributed by atoms with Crippen LogP contribution in [0.5, 0.6) is 0 Å². The minimum Gasteiger partial charge on any atom is -0.394 e. The van der Waals surface area contributed by atoms with Crippen molar-refractivity contribution in [1.29, 1.82) is 0 Å². The van der Waals surface area contributed by atoms with Crippen molar-refractivity contribution >= 4 is 21.8 Å². The van der Waals surface area contributed by atoms with Gasteiger partial charge in [-0.1, -0.05) is 0 Å². The minimum atomic E-state index is -1.43. The number of carbonyl (C=O) groups is 1. The number of aromatic nitrogens is 1. The number of aliphatic hydroxyl groups excluding tert-OH is 3. The number of amides is 1. The number of nitrogens with zero attached hydrogens (tertiary/aromatic N) is 1. The third-order valence-corrected chi connectivity index (χ3v) is 2.75. The van der Waals surface area contributed by atoms with Crippen molar-refractivity contribution in [2.24, 2.45) is 0 Å². The van der Waals surface area contributed by atoms with Crippen molar-refractivity contribution in [3.63, 3.8) is 0 Å². The highest BCUT2D eigenvalue weighted by molar-refractivity contribution is 9.10. The van der Waals surface area contributed by atoms with Gasteiger partial charge in [0.05, 0.1) is 25.4 Å². The van der Waals surface area contributed by atoms with E-state index in [1.54, 1.807) is 6.07 Å². The van der Waals surface area contributed by atoms with Gasteiger partial charge in [0.2, 0.25) is 0 Å². The SMILES string of the molecule is O=C(NC(CO)(CO)CO)c1ccc(Br)nc1. The van der Waals surface area contributed by atoms with E-state index in [0.29, 0.717) is 4.60 Å². The normalized spacial score (nSPS) is 11.3. The largest absolute Gasteiger partial charge is 0.394 e. The van der Waals surface area contributed by atoms with E-state index >= 15 is 0 Å². The molecule has 17 heavy (non-hydrogen) atoms. The number of rotatable bonds is 5. The Kier molecular flexibility index (Phi) is 5.01. The standard InChI is InChI=1S/C10H13BrN2O4/c11-8-2-1-7(3-12-8)9(17)13-10(4-14,5-15)6-16/h1-3,14-16H,4-6H2,(H,13,17). The Morgan fingerprint density at radius 1 is 1.29 bits per heavy atom. The Hall–Kier alpha value is -1.02. The molecule has 0 saturated heterocycles. The summed E-state index contributed by atoms with van der Waals surface area (Å²) in [7, 11) is 0. The van der Waals surface area contributed by atoms with Crippen molar-refractivity contribution in [2.75, 3.05) is 19.8 Å². The fraction of sp³-hybridized carbons (Fsp3) is 0.400. The van der Waals surface area contributed by atoms with Crippen molar-refractivity contribution in [2.45, 2.75) is 5.54 Å². The lowest BCUT2D eigenvalue weighted by molar-refractivity contribution is 0.0375. The van der Waals surface area contributed by atoms with E-state index in [9.17, 15) is 4.79 Å². The molecule has 1 aromatic rings. The van der Waals surface area contributed by atoms with Crippen LogP contribution in [-0.2, 0) is 0 Å². The van der Waals surface area contributed by atoms with E-state index < -0.39 is 31.3 Å². The summed E-state index contributed by atoms with van der Waals surface area (Å²) in [6, 6.07) is 3.12. The molecule has 0 unspecified atom stereocenters. The molecule has 1 heterocycles. The maximum atomic E-state index is 11.7. The zero-order valence-electron chi connectivity index (χ0n) is 8.93. The van der Waals surface area contributed by atoms with Crippen LogP contribution in [0.25, 0.3) is 0 Å². The first-order valence-electron chi connectivity index (χ1n) is 4.83. The number of aliphatic hydroxyl groups is 3. The summed E-state index contributed by atoms with van der Waals surface area (Å²) in [4.78, 5) is 15.6. The topological polar surface area (TPSA) is 103 Å². The molecule has 1 aromatic heterocycles. The van der Waals surface area contributed by atoms with Gasteiger partial charge in [-0.05, 0) is 28.1 Å². The predicted molar refractivity (Wildman–Crippen MR) is 63.4 cm³/mol. The molecule has 6 nitrogen and oxygen atoms in total. The molecule has 0 atom stereocenters. The molecular weight excluding hydrogens is 292 g/mol. The average molecular weight is 305 g/mol. The predicted octanol–water partition coefficient (Wildman–Crippen LogP) is -0.710. The van der Waals surface area contributed by atoms with E-state index in [4.69, 9.17) is 15.3 Å². The molecule has 0 aliphatic rings. The van der Waals surface area contributed by atoms with E-state index in [2.05, 4.69) is 26.2 Å². The maximum Gasteiger partial charge on any atom is 0.253 e. The number of carbonyl (C=O) groups excluding carboxylic acids is 1. The number of nitrogens with one attached hydrogen (secondary N) is 1. The first kappa shape index (κ1) is 14.0. The fourth-order valence-electron chi connectivity index (χ4n) is 1.09. The van der Waals surface area contributed by atoms with Crippen molar-refractivity contribution in [3.05, 3.63) is 28.5 Å². The summed E-state index contributed by atoms with van der Waals surface area (Å²) in [5, 5.41) is 29.5. The van der Waals surface area contributed by atoms with E-state index in [1.165, 1.54) is 12.3 Å². The van der Waals surface area contributed by atoms with Gasteiger partial charge >= 0.3 is 0 Å². The molecule has 0 aliphatic carbocycles. The highest BCUT2D eigenvalue weighted by atomic mass is 79.9. The van der Waals surface area contributed by atoms with Crippen molar-refractivity contribution < 1.29 is 20.1 Å². The highest BCUT2D eigenvalue weighted by Gasteiger charge is 2.30. The van der Waals surface area contributed by atoms with Crippen molar-refractivity contribution in [1.82, 2.24) is 10.3 Å². The lowest BCUT2D eigenvalue weighted by atomic mass is 10.0. The van der Waals surface area contributed by atoms with Gasteiger partial charge in [0, 0.05) is 6.20 Å². The van der Waals surface area contributed by atoms with Gasteiger partial charge in [0.15, 0.2) is 0 Å². The third-order valence-electron chi connectivity index (χ3n) is 2.28. The van der Waals surface area contributed by atoms with Crippen LogP contribution in [0.1, 0.15) is 10.4 Å². The third kappa shape index (κ3) is 3.47. The van der Waals surface area contributed by atoms with Gasteiger partial charge < -0.3 is 20.6 Å². The minimum absolute atomic E-state index is 0.271. The number of halogens is 1. The molecule has 0 fully saturated rings. The van der Waals surface area contributed by atoms with Gasteiger partial charge in [-0.3, -0.25) is 4.79 Å². The van der Waals surface area contributed by atoms with Gasteiger partial charge in [0.25, 0.3) is 5.91 Å². The lowest BCUT2D eigenvalue weighted by Crippen LogP contribution is -2.57. The molecule has 0 spiro atoms. The molecule has 1 amide bonds. The average Bonchev–Trinajstić information content (AvgIpc) is 2.37. The second kappa shape index (κ2) is 6.06. The Labute approximate surface area is 106 Å². The molecule has 1 rings (SSSR count). The molecule has 0 aromatic carbocycles. The second-order valence-electron chi connectivity index (χ2n) is 3.58. The Morgan fingerprint density at radius 2 is 1.88 bits per heavy atom. The van der Waals surface area contributed by atoms with Gasteiger partial charge in [-0.2, -0.15) is 0 Å². The van der Waals surface area contributed by atoms with Crippen LogP contribution in [0.3, 0.4) is 0 Å². The molecule has 4 N–H and O–H groups in total. The molecule has 0 bridgehead atoms. The summed E-state index contributed by atoms with van der Waals surface area (Å²) in [6.45, 7) is -1.68. The summed E-state index contributed by atoms with van der Waals surface area (Å²) < 4.78 is 0.590. The zero-order valence-corrected chi connectivity index (χ0v) is 10.5. The summed E-state index contributed by atoms with van der Waals surface area (Å²) >= 11 is 3.13. The number of hydrogen-bond donors (Lipinski definition) is 4. The fourth-order valence-corrected chi connectivity index (χ4v) is 1.33. The highest BCUT2D eigenvalue weighted by Crippen LogP contribution is 2.08. The molecule has 94 valence electrons. The quantitative estimate of drug-likeness (QED) is 0.538. The Balaban J connectivity index is 2.81. The van der Waals surface area contributed by atoms with Crippen LogP contribution in [0.15, 0.2) is 22.9 Å². The van der Waals surface area contributed by atoms with Crippen LogP contribution in [0, 0.1) is 0 Å². The van der Waals surface area contributed by atoms with Crippen LogP contribution in [0.4, 0.5) is 0 Å². The first-order chi connectivity index (χ1) is 8.06. The van der Waals surface area contributed by atoms with Crippen LogP contribution >= 0.6 is 15.9 Å².